The molecule has 0 aliphatic rings. The van der Waals surface area contributed by atoms with Crippen LogP contribution in [0.1, 0.15) is 16.1 Å². The molecule has 18 heavy (non-hydrogen) atoms. The lowest BCUT2D eigenvalue weighted by molar-refractivity contribution is 0.0922. The maximum absolute atomic E-state index is 12.9. The molecule has 0 saturated heterocycles. The van der Waals surface area contributed by atoms with Crippen LogP contribution in [0.15, 0.2) is 41.0 Å². The van der Waals surface area contributed by atoms with E-state index in [0.29, 0.717) is 11.3 Å². The molecular weight excluding hydrogens is 239 g/mol. The molecule has 0 aliphatic heterocycles. The number of amides is 1. The quantitative estimate of drug-likeness (QED) is 0.491. The highest BCUT2D eigenvalue weighted by atomic mass is 19.1. The standard InChI is InChI=1S/C12H11FN2O3/c13-9-2-1-3-10(6-9)18-7-8-4-5-17-11(8)12(16)15-14/h1-6H,7,14H2,(H,15,16). The van der Waals surface area contributed by atoms with Crippen molar-refractivity contribution in [1.82, 2.24) is 5.43 Å². The number of hydrazine groups is 1. The normalized spacial score (nSPS) is 10.1. The molecule has 2 rings (SSSR count). The minimum absolute atomic E-state index is 0.0777. The van der Waals surface area contributed by atoms with Crippen molar-refractivity contribution in [3.8, 4) is 5.75 Å². The van der Waals surface area contributed by atoms with Crippen LogP contribution in [-0.2, 0) is 6.61 Å². The fraction of sp³-hybridized carbons (Fsp3) is 0.0833. The molecule has 2 aromatic rings. The van der Waals surface area contributed by atoms with E-state index in [-0.39, 0.29) is 18.2 Å². The van der Waals surface area contributed by atoms with Crippen LogP contribution in [0.3, 0.4) is 0 Å². The summed E-state index contributed by atoms with van der Waals surface area (Å²) >= 11 is 0. The number of rotatable bonds is 4. The molecule has 0 bridgehead atoms. The number of ether oxygens (including phenoxy) is 1. The lowest BCUT2D eigenvalue weighted by Crippen LogP contribution is -2.30. The van der Waals surface area contributed by atoms with Gasteiger partial charge in [0.2, 0.25) is 0 Å². The molecule has 0 saturated carbocycles. The SMILES string of the molecule is NNC(=O)c1occc1COc1cccc(F)c1. The summed E-state index contributed by atoms with van der Waals surface area (Å²) in [5.74, 6) is 4.52. The Balaban J connectivity index is 2.07. The summed E-state index contributed by atoms with van der Waals surface area (Å²) in [6.07, 6.45) is 1.36. The van der Waals surface area contributed by atoms with Gasteiger partial charge in [-0.2, -0.15) is 0 Å². The number of halogens is 1. The molecule has 1 amide bonds. The van der Waals surface area contributed by atoms with Crippen LogP contribution >= 0.6 is 0 Å². The summed E-state index contributed by atoms with van der Waals surface area (Å²) in [7, 11) is 0. The van der Waals surface area contributed by atoms with Crippen molar-refractivity contribution in [3.63, 3.8) is 0 Å². The second-order valence-corrected chi connectivity index (χ2v) is 3.49. The summed E-state index contributed by atoms with van der Waals surface area (Å²) in [5.41, 5.74) is 2.50. The second-order valence-electron chi connectivity index (χ2n) is 3.49. The third-order valence-electron chi connectivity index (χ3n) is 2.27. The van der Waals surface area contributed by atoms with E-state index in [1.165, 1.54) is 24.5 Å². The molecule has 0 spiro atoms. The van der Waals surface area contributed by atoms with Gasteiger partial charge in [-0.15, -0.1) is 0 Å². The fourth-order valence-electron chi connectivity index (χ4n) is 1.43. The Labute approximate surface area is 102 Å². The van der Waals surface area contributed by atoms with Gasteiger partial charge in [-0.25, -0.2) is 10.2 Å². The van der Waals surface area contributed by atoms with Crippen molar-refractivity contribution in [3.05, 3.63) is 53.7 Å². The van der Waals surface area contributed by atoms with E-state index in [9.17, 15) is 9.18 Å². The van der Waals surface area contributed by atoms with Crippen LogP contribution < -0.4 is 16.0 Å². The zero-order valence-corrected chi connectivity index (χ0v) is 9.35. The summed E-state index contributed by atoms with van der Waals surface area (Å²) in [4.78, 5) is 11.3. The van der Waals surface area contributed by atoms with Gasteiger partial charge >= 0.3 is 5.91 Å². The predicted octanol–water partition coefficient (Wildman–Crippen LogP) is 1.60. The Hall–Kier alpha value is -2.34. The Morgan fingerprint density at radius 1 is 1.44 bits per heavy atom. The van der Waals surface area contributed by atoms with E-state index in [0.717, 1.165) is 0 Å². The summed E-state index contributed by atoms with van der Waals surface area (Å²) in [6, 6.07) is 7.31. The molecule has 94 valence electrons. The van der Waals surface area contributed by atoms with Crippen LogP contribution in [0.4, 0.5) is 4.39 Å². The van der Waals surface area contributed by atoms with Gasteiger partial charge in [0.15, 0.2) is 5.76 Å². The first-order valence-corrected chi connectivity index (χ1v) is 5.16. The summed E-state index contributed by atoms with van der Waals surface area (Å²) in [6.45, 7) is 0.0860. The highest BCUT2D eigenvalue weighted by Crippen LogP contribution is 2.16. The second kappa shape index (κ2) is 5.33. The Morgan fingerprint density at radius 2 is 2.28 bits per heavy atom. The van der Waals surface area contributed by atoms with Crippen LogP contribution in [-0.4, -0.2) is 5.91 Å². The first-order chi connectivity index (χ1) is 8.70. The van der Waals surface area contributed by atoms with Gasteiger partial charge in [-0.1, -0.05) is 6.07 Å². The predicted molar refractivity (Wildman–Crippen MR) is 61.1 cm³/mol. The Morgan fingerprint density at radius 3 is 3.00 bits per heavy atom. The average Bonchev–Trinajstić information content (AvgIpc) is 2.84. The van der Waals surface area contributed by atoms with E-state index in [1.54, 1.807) is 12.1 Å². The number of nitrogens with one attached hydrogen (secondary N) is 1. The number of carbonyl (C=O) groups is 1. The van der Waals surface area contributed by atoms with Gasteiger partial charge in [0.05, 0.1) is 6.26 Å². The van der Waals surface area contributed by atoms with E-state index in [1.807, 2.05) is 5.43 Å². The van der Waals surface area contributed by atoms with Gasteiger partial charge in [-0.3, -0.25) is 10.2 Å². The number of hydrogen-bond donors (Lipinski definition) is 2. The van der Waals surface area contributed by atoms with Crippen molar-refractivity contribution in [2.24, 2.45) is 5.84 Å². The van der Waals surface area contributed by atoms with Crippen molar-refractivity contribution in [2.75, 3.05) is 0 Å². The first kappa shape index (κ1) is 12.1. The number of nitrogens with two attached hydrogens (primary N) is 1. The maximum atomic E-state index is 12.9. The van der Waals surface area contributed by atoms with Crippen LogP contribution in [0.2, 0.25) is 0 Å². The molecule has 1 aromatic carbocycles. The van der Waals surface area contributed by atoms with Crippen molar-refractivity contribution in [1.29, 1.82) is 0 Å². The molecule has 0 unspecified atom stereocenters. The minimum atomic E-state index is -0.544. The number of furan rings is 1. The van der Waals surface area contributed by atoms with Crippen LogP contribution in [0.5, 0.6) is 5.75 Å². The zero-order valence-electron chi connectivity index (χ0n) is 9.35. The molecule has 0 atom stereocenters. The van der Waals surface area contributed by atoms with E-state index >= 15 is 0 Å². The van der Waals surface area contributed by atoms with Crippen molar-refractivity contribution < 1.29 is 18.3 Å². The van der Waals surface area contributed by atoms with E-state index in [2.05, 4.69) is 0 Å². The minimum Gasteiger partial charge on any atom is -0.489 e. The van der Waals surface area contributed by atoms with E-state index in [4.69, 9.17) is 15.0 Å². The lowest BCUT2D eigenvalue weighted by atomic mass is 10.2. The molecule has 1 aromatic heterocycles. The maximum Gasteiger partial charge on any atom is 0.301 e. The molecule has 0 fully saturated rings. The lowest BCUT2D eigenvalue weighted by Gasteiger charge is -2.05. The van der Waals surface area contributed by atoms with Gasteiger partial charge in [-0.05, 0) is 18.2 Å². The molecule has 6 heteroatoms. The third kappa shape index (κ3) is 2.67. The Kier molecular flexibility index (Phi) is 3.59. The molecular formula is C12H11FN2O3. The van der Waals surface area contributed by atoms with Gasteiger partial charge in [0.1, 0.15) is 18.2 Å². The van der Waals surface area contributed by atoms with Crippen LogP contribution in [0.25, 0.3) is 0 Å². The van der Waals surface area contributed by atoms with Gasteiger partial charge in [0.25, 0.3) is 0 Å². The average molecular weight is 250 g/mol. The monoisotopic (exact) mass is 250 g/mol. The van der Waals surface area contributed by atoms with E-state index < -0.39 is 5.91 Å². The molecule has 0 radical (unpaired) electrons. The molecule has 0 aliphatic carbocycles. The molecule has 5 nitrogen and oxygen atoms in total. The highest BCUT2D eigenvalue weighted by molar-refractivity contribution is 5.92. The van der Waals surface area contributed by atoms with Crippen molar-refractivity contribution in [2.45, 2.75) is 6.61 Å². The number of nitrogen functional groups attached to an aromatic ring is 1. The topological polar surface area (TPSA) is 77.5 Å². The fourth-order valence-corrected chi connectivity index (χ4v) is 1.43. The smallest absolute Gasteiger partial charge is 0.301 e. The zero-order chi connectivity index (χ0) is 13.0. The molecule has 3 N–H and O–H groups in total. The highest BCUT2D eigenvalue weighted by Gasteiger charge is 2.14. The summed E-state index contributed by atoms with van der Waals surface area (Å²) in [5, 5.41) is 0. The van der Waals surface area contributed by atoms with Gasteiger partial charge < -0.3 is 9.15 Å². The van der Waals surface area contributed by atoms with Gasteiger partial charge in [0, 0.05) is 11.6 Å². The van der Waals surface area contributed by atoms with Crippen molar-refractivity contribution >= 4 is 5.91 Å². The molecule has 1 heterocycles. The first-order valence-electron chi connectivity index (χ1n) is 5.16. The number of hydrogen-bond acceptors (Lipinski definition) is 4. The number of benzene rings is 1. The largest absolute Gasteiger partial charge is 0.489 e. The number of carbonyl (C=O) groups excluding carboxylic acids is 1. The Bertz CT molecular complexity index is 554. The van der Waals surface area contributed by atoms with Crippen LogP contribution in [0, 0.1) is 5.82 Å². The third-order valence-corrected chi connectivity index (χ3v) is 2.27. The summed E-state index contributed by atoms with van der Waals surface area (Å²) < 4.78 is 23.2.